The van der Waals surface area contributed by atoms with Gasteiger partial charge in [0, 0.05) is 54.0 Å². The molecule has 0 N–H and O–H groups in total. The molecule has 0 unspecified atom stereocenters. The highest BCUT2D eigenvalue weighted by Crippen LogP contribution is 2.30. The number of hydrogen-bond acceptors (Lipinski definition) is 6. The predicted molar refractivity (Wildman–Crippen MR) is 131 cm³/mol. The molecule has 2 aromatic carbocycles. The van der Waals surface area contributed by atoms with Crippen LogP contribution >= 0.6 is 11.6 Å². The van der Waals surface area contributed by atoms with Crippen molar-refractivity contribution in [2.75, 3.05) is 31.1 Å². The van der Waals surface area contributed by atoms with E-state index in [-0.39, 0.29) is 16.6 Å². The maximum atomic E-state index is 13.2. The van der Waals surface area contributed by atoms with Gasteiger partial charge in [-0.2, -0.15) is 0 Å². The maximum Gasteiger partial charge on any atom is 0.410 e. The Morgan fingerprint density at radius 3 is 2.38 bits per heavy atom. The number of ether oxygens (including phenoxy) is 1. The van der Waals surface area contributed by atoms with Gasteiger partial charge in [-0.3, -0.25) is 4.79 Å². The summed E-state index contributed by atoms with van der Waals surface area (Å²) in [6, 6.07) is 11.3. The predicted octanol–water partition coefficient (Wildman–Crippen LogP) is 4.40. The third-order valence-electron chi connectivity index (χ3n) is 5.56. The molecule has 0 atom stereocenters. The summed E-state index contributed by atoms with van der Waals surface area (Å²) in [5, 5.41) is 0.841. The molecule has 1 saturated heterocycles. The van der Waals surface area contributed by atoms with Crippen molar-refractivity contribution in [3.8, 4) is 0 Å². The first-order chi connectivity index (χ1) is 16.0. The van der Waals surface area contributed by atoms with Crippen LogP contribution < -0.4 is 4.90 Å². The van der Waals surface area contributed by atoms with Gasteiger partial charge in [-0.1, -0.05) is 17.7 Å². The summed E-state index contributed by atoms with van der Waals surface area (Å²) in [4.78, 5) is 27.9. The first kappa shape index (κ1) is 24.1. The van der Waals surface area contributed by atoms with E-state index in [2.05, 4.69) is 4.90 Å². The van der Waals surface area contributed by atoms with Crippen LogP contribution in [0.25, 0.3) is 10.9 Å². The second kappa shape index (κ2) is 8.96. The highest BCUT2D eigenvalue weighted by atomic mass is 35.5. The molecule has 2 heterocycles. The number of amides is 1. The van der Waals surface area contributed by atoms with Crippen molar-refractivity contribution in [3.05, 3.63) is 59.2 Å². The normalized spacial score (nSPS) is 14.9. The van der Waals surface area contributed by atoms with Crippen molar-refractivity contribution in [1.82, 2.24) is 8.87 Å². The van der Waals surface area contributed by atoms with Crippen LogP contribution in [0.4, 0.5) is 10.5 Å². The Balaban J connectivity index is 1.61. The molecule has 0 spiro atoms. The van der Waals surface area contributed by atoms with E-state index in [0.29, 0.717) is 48.4 Å². The number of anilines is 1. The first-order valence-corrected chi connectivity index (χ1v) is 12.7. The lowest BCUT2D eigenvalue weighted by Crippen LogP contribution is -2.50. The molecule has 0 bridgehead atoms. The van der Waals surface area contributed by atoms with Gasteiger partial charge in [0.05, 0.1) is 10.4 Å². The number of carbonyl (C=O) groups is 2. The van der Waals surface area contributed by atoms with Crippen molar-refractivity contribution < 1.29 is 22.7 Å². The van der Waals surface area contributed by atoms with E-state index in [4.69, 9.17) is 16.3 Å². The number of fused-ring (bicyclic) bond motifs is 1. The molecule has 8 nitrogen and oxygen atoms in total. The molecule has 1 fully saturated rings. The topological polar surface area (TPSA) is 88.9 Å². The van der Waals surface area contributed by atoms with E-state index in [1.54, 1.807) is 23.1 Å². The number of nitrogens with zero attached hydrogens (tertiary/aromatic N) is 3. The van der Waals surface area contributed by atoms with Crippen LogP contribution in [0.3, 0.4) is 0 Å². The highest BCUT2D eigenvalue weighted by Gasteiger charge is 2.27. The van der Waals surface area contributed by atoms with E-state index in [0.717, 1.165) is 9.66 Å². The summed E-state index contributed by atoms with van der Waals surface area (Å²) in [5.41, 5.74) is 0.966. The number of hydrogen-bond donors (Lipinski definition) is 0. The van der Waals surface area contributed by atoms with E-state index < -0.39 is 15.6 Å². The number of aromatic nitrogens is 1. The van der Waals surface area contributed by atoms with Gasteiger partial charge in [0.15, 0.2) is 6.29 Å². The van der Waals surface area contributed by atoms with Crippen LogP contribution in [-0.4, -0.2) is 61.4 Å². The van der Waals surface area contributed by atoms with Gasteiger partial charge in [0.2, 0.25) is 0 Å². The van der Waals surface area contributed by atoms with E-state index in [1.807, 2.05) is 32.9 Å². The Morgan fingerprint density at radius 2 is 1.76 bits per heavy atom. The molecular weight excluding hydrogens is 478 g/mol. The molecule has 10 heteroatoms. The Bertz CT molecular complexity index is 1350. The van der Waals surface area contributed by atoms with Crippen LogP contribution in [0.5, 0.6) is 0 Å². The van der Waals surface area contributed by atoms with Gasteiger partial charge in [-0.25, -0.2) is 17.2 Å². The first-order valence-electron chi connectivity index (χ1n) is 10.8. The molecule has 4 rings (SSSR count). The molecule has 3 aromatic rings. The second-order valence-corrected chi connectivity index (χ2v) is 11.4. The van der Waals surface area contributed by atoms with Crippen molar-refractivity contribution in [2.24, 2.45) is 0 Å². The number of benzene rings is 2. The minimum Gasteiger partial charge on any atom is -0.444 e. The van der Waals surface area contributed by atoms with Gasteiger partial charge in [-0.15, -0.1) is 0 Å². The van der Waals surface area contributed by atoms with Crippen molar-refractivity contribution >= 4 is 50.6 Å². The van der Waals surface area contributed by atoms with Crippen LogP contribution in [0.1, 0.15) is 31.1 Å². The van der Waals surface area contributed by atoms with E-state index in [9.17, 15) is 18.0 Å². The number of aldehydes is 1. The monoisotopic (exact) mass is 503 g/mol. The zero-order chi connectivity index (χ0) is 24.7. The molecule has 0 aliphatic carbocycles. The Hall–Kier alpha value is -3.04. The summed E-state index contributed by atoms with van der Waals surface area (Å²) < 4.78 is 33.0. The minimum absolute atomic E-state index is 0.0386. The van der Waals surface area contributed by atoms with Crippen LogP contribution in [0.15, 0.2) is 53.6 Å². The van der Waals surface area contributed by atoms with Crippen LogP contribution in [-0.2, 0) is 14.8 Å². The lowest BCUT2D eigenvalue weighted by Gasteiger charge is -2.36. The van der Waals surface area contributed by atoms with Gasteiger partial charge >= 0.3 is 6.09 Å². The number of rotatable bonds is 4. The third kappa shape index (κ3) is 4.76. The molecule has 34 heavy (non-hydrogen) atoms. The van der Waals surface area contributed by atoms with Crippen molar-refractivity contribution in [1.29, 1.82) is 0 Å². The standard InChI is InChI=1S/C24H26ClN3O5S/c1-24(2,3)33-23(30)27-11-9-26(10-12-27)19-7-8-22-21(14-19)17(16-29)15-28(22)34(31,32)20-6-4-5-18(25)13-20/h4-8,13-16H,9-12H2,1-3H3. The third-order valence-corrected chi connectivity index (χ3v) is 7.47. The zero-order valence-corrected chi connectivity index (χ0v) is 20.8. The lowest BCUT2D eigenvalue weighted by atomic mass is 10.1. The summed E-state index contributed by atoms with van der Waals surface area (Å²) in [5.74, 6) is 0. The number of piperazine rings is 1. The lowest BCUT2D eigenvalue weighted by molar-refractivity contribution is 0.0240. The SMILES string of the molecule is CC(C)(C)OC(=O)N1CCN(c2ccc3c(c2)c(C=O)cn3S(=O)(=O)c2cccc(Cl)c2)CC1. The maximum absolute atomic E-state index is 13.2. The number of halogens is 1. The highest BCUT2D eigenvalue weighted by molar-refractivity contribution is 7.90. The summed E-state index contributed by atoms with van der Waals surface area (Å²) >= 11 is 5.99. The minimum atomic E-state index is -3.95. The average molecular weight is 504 g/mol. The average Bonchev–Trinajstić information content (AvgIpc) is 3.17. The van der Waals surface area contributed by atoms with E-state index in [1.165, 1.54) is 18.3 Å². The fourth-order valence-corrected chi connectivity index (χ4v) is 5.60. The summed E-state index contributed by atoms with van der Waals surface area (Å²) in [6.45, 7) is 7.67. The van der Waals surface area contributed by atoms with Gasteiger partial charge in [0.25, 0.3) is 10.0 Å². The van der Waals surface area contributed by atoms with E-state index >= 15 is 0 Å². The molecule has 0 saturated carbocycles. The summed E-state index contributed by atoms with van der Waals surface area (Å²) in [7, 11) is -3.95. The molecular formula is C24H26ClN3O5S. The van der Waals surface area contributed by atoms with Crippen LogP contribution in [0.2, 0.25) is 5.02 Å². The molecule has 1 amide bonds. The fraction of sp³-hybridized carbons (Fsp3) is 0.333. The largest absolute Gasteiger partial charge is 0.444 e. The van der Waals surface area contributed by atoms with Crippen molar-refractivity contribution in [2.45, 2.75) is 31.3 Å². The van der Waals surface area contributed by atoms with Gasteiger partial charge in [-0.05, 0) is 57.2 Å². The Kier molecular flexibility index (Phi) is 6.35. The molecule has 0 radical (unpaired) electrons. The van der Waals surface area contributed by atoms with Gasteiger partial charge < -0.3 is 14.5 Å². The Labute approximate surface area is 203 Å². The fourth-order valence-electron chi connectivity index (χ4n) is 3.92. The molecule has 1 aliphatic rings. The Morgan fingerprint density at radius 1 is 1.06 bits per heavy atom. The molecule has 180 valence electrons. The second-order valence-electron chi connectivity index (χ2n) is 9.12. The quantitative estimate of drug-likeness (QED) is 0.490. The summed E-state index contributed by atoms with van der Waals surface area (Å²) in [6.07, 6.45) is 1.64. The van der Waals surface area contributed by atoms with Gasteiger partial charge in [0.1, 0.15) is 5.60 Å². The van der Waals surface area contributed by atoms with Crippen LogP contribution in [0, 0.1) is 0 Å². The molecule has 1 aromatic heterocycles. The number of carbonyl (C=O) groups excluding carboxylic acids is 2. The smallest absolute Gasteiger partial charge is 0.410 e. The zero-order valence-electron chi connectivity index (χ0n) is 19.2. The van der Waals surface area contributed by atoms with Crippen molar-refractivity contribution in [3.63, 3.8) is 0 Å². The molecule has 1 aliphatic heterocycles.